The van der Waals surface area contributed by atoms with Crippen LogP contribution in [0.15, 0.2) is 97.1 Å². The summed E-state index contributed by atoms with van der Waals surface area (Å²) in [6.45, 7) is 5.51. The maximum Gasteiger partial charge on any atom is 0.410 e. The van der Waals surface area contributed by atoms with E-state index in [0.29, 0.717) is 50.9 Å². The zero-order valence-electron chi connectivity index (χ0n) is 32.6. The average Bonchev–Trinajstić information content (AvgIpc) is 3.88. The summed E-state index contributed by atoms with van der Waals surface area (Å²) in [6.07, 6.45) is 0.617. The fraction of sp³-hybridized carbons (Fsp3) is 0.318. The van der Waals surface area contributed by atoms with E-state index in [0.717, 1.165) is 57.2 Å². The molecule has 2 atom stereocenters. The Labute approximate surface area is 335 Å². The maximum atomic E-state index is 13.3. The highest BCUT2D eigenvalue weighted by Gasteiger charge is 2.37. The number of carbonyl (C=O) groups excluding carboxylic acids is 4. The number of aromatic nitrogens is 4. The average molecular weight is 783 g/mol. The van der Waals surface area contributed by atoms with Gasteiger partial charge in [0.1, 0.15) is 36.9 Å². The molecule has 2 aliphatic rings. The van der Waals surface area contributed by atoms with E-state index in [2.05, 4.69) is 34.2 Å². The molecule has 0 spiro atoms. The Morgan fingerprint density at radius 3 is 1.38 bits per heavy atom. The molecule has 14 heteroatoms. The molecule has 2 aromatic heterocycles. The molecule has 0 aliphatic carbocycles. The lowest BCUT2D eigenvalue weighted by molar-refractivity contribution is -0.132. The van der Waals surface area contributed by atoms with Crippen molar-refractivity contribution in [1.82, 2.24) is 39.5 Å². The van der Waals surface area contributed by atoms with Crippen molar-refractivity contribution in [2.75, 3.05) is 39.3 Å². The SMILES string of the molecule is CC(=O)N1CCN(C(=O)OCc2ccccc2)[C@H](c2nc3ccc(CCc4ccc5nc([C@@H]6CN(C(C)=O)CCN6C(=O)OCc6ccccc6)[nH]c5c4)cc3[nH]2)C1. The molecule has 2 aliphatic heterocycles. The molecule has 4 amide bonds. The zero-order valence-corrected chi connectivity index (χ0v) is 32.6. The van der Waals surface area contributed by atoms with Crippen molar-refractivity contribution in [2.45, 2.75) is 52.0 Å². The first-order valence-corrected chi connectivity index (χ1v) is 19.6. The standard InChI is InChI=1S/C44H46N8O6/c1-29(53)49-19-21-51(43(55)57-27-33-9-5-3-6-10-33)39(25-49)41-45-35-17-15-31(23-37(35)47-41)13-14-32-16-18-36-38(24-32)48-42(46-36)40-26-50(30(2)54)20-22-52(40)44(56)58-28-34-11-7-4-8-12-34/h3-12,15-18,23-24,39-40H,13-14,19-22,25-28H2,1-2H3,(H,45,47)(H,46,48)/t39-,40-/m0/s1. The van der Waals surface area contributed by atoms with Crippen molar-refractivity contribution in [2.24, 2.45) is 0 Å². The third-order valence-electron chi connectivity index (χ3n) is 11.0. The molecule has 2 saturated heterocycles. The molecular formula is C44H46N8O6. The Kier molecular flexibility index (Phi) is 11.1. The molecule has 58 heavy (non-hydrogen) atoms. The number of ether oxygens (including phenoxy) is 2. The number of aromatic amines is 2. The predicted octanol–water partition coefficient (Wildman–Crippen LogP) is 6.31. The molecule has 0 unspecified atom stereocenters. The van der Waals surface area contributed by atoms with Crippen LogP contribution in [0.5, 0.6) is 0 Å². The van der Waals surface area contributed by atoms with Crippen molar-refractivity contribution >= 4 is 46.1 Å². The van der Waals surface area contributed by atoms with Crippen molar-refractivity contribution in [3.8, 4) is 0 Å². The summed E-state index contributed by atoms with van der Waals surface area (Å²) in [7, 11) is 0. The number of nitrogens with zero attached hydrogens (tertiary/aromatic N) is 6. The first-order valence-electron chi connectivity index (χ1n) is 19.6. The van der Waals surface area contributed by atoms with Crippen LogP contribution in [0, 0.1) is 0 Å². The van der Waals surface area contributed by atoms with E-state index >= 15 is 0 Å². The van der Waals surface area contributed by atoms with Gasteiger partial charge < -0.3 is 29.2 Å². The lowest BCUT2D eigenvalue weighted by atomic mass is 10.0. The van der Waals surface area contributed by atoms with Gasteiger partial charge in [-0.15, -0.1) is 0 Å². The molecule has 0 bridgehead atoms. The molecule has 8 rings (SSSR count). The summed E-state index contributed by atoms with van der Waals surface area (Å²) in [5.41, 5.74) is 7.24. The van der Waals surface area contributed by atoms with Crippen LogP contribution in [0.4, 0.5) is 9.59 Å². The Hall–Kier alpha value is -6.70. The minimum atomic E-state index is -0.492. The molecule has 0 saturated carbocycles. The van der Waals surface area contributed by atoms with Crippen LogP contribution >= 0.6 is 0 Å². The maximum absolute atomic E-state index is 13.3. The minimum Gasteiger partial charge on any atom is -0.445 e. The van der Waals surface area contributed by atoms with Gasteiger partial charge in [0.2, 0.25) is 11.8 Å². The van der Waals surface area contributed by atoms with E-state index in [1.54, 1.807) is 19.6 Å². The van der Waals surface area contributed by atoms with E-state index in [1.807, 2.05) is 72.8 Å². The van der Waals surface area contributed by atoms with Crippen LogP contribution in [0.1, 0.15) is 59.8 Å². The Balaban J connectivity index is 0.954. The number of imidazole rings is 2. The number of amides is 4. The lowest BCUT2D eigenvalue weighted by Gasteiger charge is -2.39. The second kappa shape index (κ2) is 16.8. The molecule has 6 aromatic rings. The van der Waals surface area contributed by atoms with E-state index in [4.69, 9.17) is 19.4 Å². The summed E-state index contributed by atoms with van der Waals surface area (Å²) in [5.74, 6) is 1.09. The summed E-state index contributed by atoms with van der Waals surface area (Å²) in [6, 6.07) is 30.3. The van der Waals surface area contributed by atoms with E-state index < -0.39 is 24.3 Å². The lowest BCUT2D eigenvalue weighted by Crippen LogP contribution is -2.52. The van der Waals surface area contributed by atoms with Crippen LogP contribution in [0.25, 0.3) is 22.1 Å². The Bertz CT molecular complexity index is 2260. The number of fused-ring (bicyclic) bond motifs is 2. The van der Waals surface area contributed by atoms with Gasteiger partial charge in [0, 0.05) is 53.1 Å². The fourth-order valence-electron chi connectivity index (χ4n) is 7.72. The normalized spacial score (nSPS) is 17.1. The highest BCUT2D eigenvalue weighted by atomic mass is 16.6. The number of nitrogens with one attached hydrogen (secondary N) is 2. The second-order valence-electron chi connectivity index (χ2n) is 14.9. The first-order chi connectivity index (χ1) is 28.2. The number of hydrogen-bond donors (Lipinski definition) is 2. The van der Waals surface area contributed by atoms with E-state index in [1.165, 1.54) is 13.8 Å². The number of piperazine rings is 2. The predicted molar refractivity (Wildman–Crippen MR) is 216 cm³/mol. The molecular weight excluding hydrogens is 737 g/mol. The van der Waals surface area contributed by atoms with Gasteiger partial charge in [0.05, 0.1) is 22.1 Å². The molecule has 0 radical (unpaired) electrons. The zero-order chi connectivity index (χ0) is 40.2. The molecule has 298 valence electrons. The van der Waals surface area contributed by atoms with Crippen LogP contribution in [0.3, 0.4) is 0 Å². The third-order valence-corrected chi connectivity index (χ3v) is 11.0. The Morgan fingerprint density at radius 1 is 0.569 bits per heavy atom. The van der Waals surface area contributed by atoms with Gasteiger partial charge in [0.25, 0.3) is 0 Å². The van der Waals surface area contributed by atoms with Gasteiger partial charge in [-0.3, -0.25) is 19.4 Å². The number of benzene rings is 4. The van der Waals surface area contributed by atoms with Gasteiger partial charge in [-0.1, -0.05) is 72.8 Å². The van der Waals surface area contributed by atoms with Crippen LogP contribution in [-0.4, -0.2) is 103 Å². The van der Waals surface area contributed by atoms with E-state index in [-0.39, 0.29) is 25.0 Å². The van der Waals surface area contributed by atoms with Crippen LogP contribution in [-0.2, 0) is 45.1 Å². The smallest absolute Gasteiger partial charge is 0.410 e. The number of rotatable bonds is 9. The van der Waals surface area contributed by atoms with Crippen molar-refractivity contribution in [3.05, 3.63) is 131 Å². The Morgan fingerprint density at radius 2 is 0.983 bits per heavy atom. The molecule has 2 fully saturated rings. The van der Waals surface area contributed by atoms with E-state index in [9.17, 15) is 19.2 Å². The van der Waals surface area contributed by atoms with Crippen molar-refractivity contribution in [1.29, 1.82) is 0 Å². The number of hydrogen-bond acceptors (Lipinski definition) is 8. The largest absolute Gasteiger partial charge is 0.445 e. The fourth-order valence-corrected chi connectivity index (χ4v) is 7.72. The van der Waals surface area contributed by atoms with Crippen LogP contribution < -0.4 is 0 Å². The second-order valence-corrected chi connectivity index (χ2v) is 14.9. The number of H-pyrrole nitrogens is 2. The first kappa shape index (κ1) is 38.2. The monoisotopic (exact) mass is 782 g/mol. The van der Waals surface area contributed by atoms with Gasteiger partial charge in [-0.25, -0.2) is 19.6 Å². The number of aryl methyl sites for hydroxylation is 2. The van der Waals surface area contributed by atoms with Gasteiger partial charge >= 0.3 is 12.2 Å². The summed E-state index contributed by atoms with van der Waals surface area (Å²) in [5, 5.41) is 0. The molecule has 14 nitrogen and oxygen atoms in total. The molecule has 4 heterocycles. The highest BCUT2D eigenvalue weighted by molar-refractivity contribution is 5.79. The topological polar surface area (TPSA) is 157 Å². The highest BCUT2D eigenvalue weighted by Crippen LogP contribution is 2.29. The molecule has 4 aromatic carbocycles. The summed E-state index contributed by atoms with van der Waals surface area (Å²) < 4.78 is 11.4. The number of carbonyl (C=O) groups is 4. The quantitative estimate of drug-likeness (QED) is 0.173. The summed E-state index contributed by atoms with van der Waals surface area (Å²) >= 11 is 0. The minimum absolute atomic E-state index is 0.0555. The van der Waals surface area contributed by atoms with Gasteiger partial charge in [-0.05, 0) is 59.4 Å². The summed E-state index contributed by atoms with van der Waals surface area (Å²) in [4.78, 5) is 74.8. The molecule has 2 N–H and O–H groups in total. The van der Waals surface area contributed by atoms with Gasteiger partial charge in [-0.2, -0.15) is 0 Å². The van der Waals surface area contributed by atoms with Crippen LogP contribution in [0.2, 0.25) is 0 Å². The van der Waals surface area contributed by atoms with Gasteiger partial charge in [0.15, 0.2) is 0 Å². The third kappa shape index (κ3) is 8.50. The van der Waals surface area contributed by atoms with Crippen molar-refractivity contribution in [3.63, 3.8) is 0 Å². The van der Waals surface area contributed by atoms with Crippen molar-refractivity contribution < 1.29 is 28.7 Å².